The van der Waals surface area contributed by atoms with Crippen LogP contribution < -0.4 is 14.8 Å². The molecular formula is C18H20BrNO3. The van der Waals surface area contributed by atoms with Gasteiger partial charge in [-0.1, -0.05) is 28.1 Å². The molecule has 0 saturated heterocycles. The van der Waals surface area contributed by atoms with Crippen LogP contribution in [0, 0.1) is 6.92 Å². The number of amides is 1. The Morgan fingerprint density at radius 1 is 1.17 bits per heavy atom. The van der Waals surface area contributed by atoms with Crippen molar-refractivity contribution in [1.29, 1.82) is 0 Å². The maximum Gasteiger partial charge on any atom is 0.262 e. The van der Waals surface area contributed by atoms with Crippen molar-refractivity contribution in [2.75, 3.05) is 11.9 Å². The van der Waals surface area contributed by atoms with E-state index in [1.54, 1.807) is 6.07 Å². The number of anilines is 1. The molecule has 0 spiro atoms. The first-order valence-electron chi connectivity index (χ1n) is 7.40. The molecule has 0 heterocycles. The number of nitrogens with one attached hydrogen (secondary N) is 1. The maximum absolute atomic E-state index is 12.1. The van der Waals surface area contributed by atoms with Crippen molar-refractivity contribution in [2.45, 2.75) is 26.9 Å². The van der Waals surface area contributed by atoms with E-state index in [4.69, 9.17) is 9.47 Å². The van der Waals surface area contributed by atoms with Crippen molar-refractivity contribution < 1.29 is 14.3 Å². The molecule has 0 atom stereocenters. The van der Waals surface area contributed by atoms with Crippen LogP contribution in [0.5, 0.6) is 11.5 Å². The summed E-state index contributed by atoms with van der Waals surface area (Å²) in [5, 5.41) is 2.82. The van der Waals surface area contributed by atoms with Crippen LogP contribution >= 0.6 is 15.9 Å². The summed E-state index contributed by atoms with van der Waals surface area (Å²) < 4.78 is 12.2. The third kappa shape index (κ3) is 5.28. The number of rotatable bonds is 6. The minimum atomic E-state index is -0.230. The zero-order chi connectivity index (χ0) is 16.8. The van der Waals surface area contributed by atoms with E-state index in [0.29, 0.717) is 17.2 Å². The van der Waals surface area contributed by atoms with E-state index in [1.165, 1.54) is 0 Å². The molecule has 2 aromatic rings. The van der Waals surface area contributed by atoms with E-state index < -0.39 is 0 Å². The van der Waals surface area contributed by atoms with E-state index in [1.807, 2.05) is 57.2 Å². The van der Waals surface area contributed by atoms with Crippen LogP contribution in [0.2, 0.25) is 0 Å². The molecule has 23 heavy (non-hydrogen) atoms. The molecule has 1 amide bonds. The Hall–Kier alpha value is -2.01. The lowest BCUT2D eigenvalue weighted by atomic mass is 10.2. The Bertz CT molecular complexity index is 686. The van der Waals surface area contributed by atoms with Crippen molar-refractivity contribution >= 4 is 27.5 Å². The number of carbonyl (C=O) groups excluding carboxylic acids is 1. The second kappa shape index (κ2) is 8.02. The molecule has 0 radical (unpaired) electrons. The van der Waals surface area contributed by atoms with Crippen molar-refractivity contribution in [1.82, 2.24) is 0 Å². The zero-order valence-electron chi connectivity index (χ0n) is 13.4. The molecule has 0 saturated carbocycles. The number of benzene rings is 2. The SMILES string of the molecule is Cc1cc(Br)ccc1OCC(=O)Nc1ccccc1OC(C)C. The molecule has 0 bridgehead atoms. The predicted octanol–water partition coefficient (Wildman–Crippen LogP) is 4.56. The Balaban J connectivity index is 1.97. The average molecular weight is 378 g/mol. The van der Waals surface area contributed by atoms with Crippen LogP contribution in [-0.4, -0.2) is 18.6 Å². The van der Waals surface area contributed by atoms with Gasteiger partial charge in [-0.05, 0) is 56.7 Å². The van der Waals surface area contributed by atoms with Gasteiger partial charge in [-0.2, -0.15) is 0 Å². The lowest BCUT2D eigenvalue weighted by molar-refractivity contribution is -0.118. The topological polar surface area (TPSA) is 47.6 Å². The Labute approximate surface area is 144 Å². The number of halogens is 1. The summed E-state index contributed by atoms with van der Waals surface area (Å²) in [5.74, 6) is 1.11. The van der Waals surface area contributed by atoms with Gasteiger partial charge < -0.3 is 14.8 Å². The molecule has 0 fully saturated rings. The summed E-state index contributed by atoms with van der Waals surface area (Å²) in [7, 11) is 0. The first-order chi connectivity index (χ1) is 11.0. The molecular weight excluding hydrogens is 358 g/mol. The van der Waals surface area contributed by atoms with Crippen LogP contribution in [0.3, 0.4) is 0 Å². The van der Waals surface area contributed by atoms with E-state index in [9.17, 15) is 4.79 Å². The standard InChI is InChI=1S/C18H20BrNO3/c1-12(2)23-17-7-5-4-6-15(17)20-18(21)11-22-16-9-8-14(19)10-13(16)3/h4-10,12H,11H2,1-3H3,(H,20,21). The number of ether oxygens (including phenoxy) is 2. The van der Waals surface area contributed by atoms with Gasteiger partial charge in [0.2, 0.25) is 0 Å². The molecule has 4 nitrogen and oxygen atoms in total. The van der Waals surface area contributed by atoms with Crippen molar-refractivity contribution in [3.63, 3.8) is 0 Å². The minimum absolute atomic E-state index is 0.0368. The quantitative estimate of drug-likeness (QED) is 0.802. The van der Waals surface area contributed by atoms with E-state index >= 15 is 0 Å². The number of hydrogen-bond donors (Lipinski definition) is 1. The summed E-state index contributed by atoms with van der Waals surface area (Å²) >= 11 is 3.40. The van der Waals surface area contributed by atoms with Gasteiger partial charge in [-0.3, -0.25) is 4.79 Å². The Morgan fingerprint density at radius 2 is 1.91 bits per heavy atom. The molecule has 1 N–H and O–H groups in total. The van der Waals surface area contributed by atoms with Crippen molar-refractivity contribution in [3.8, 4) is 11.5 Å². The molecule has 0 aromatic heterocycles. The van der Waals surface area contributed by atoms with E-state index in [-0.39, 0.29) is 18.6 Å². The fourth-order valence-electron chi connectivity index (χ4n) is 2.03. The number of carbonyl (C=O) groups is 1. The minimum Gasteiger partial charge on any atom is -0.489 e. The molecule has 5 heteroatoms. The van der Waals surface area contributed by atoms with Crippen LogP contribution in [0.4, 0.5) is 5.69 Å². The fraction of sp³-hybridized carbons (Fsp3) is 0.278. The van der Waals surface area contributed by atoms with Crippen LogP contribution in [0.15, 0.2) is 46.9 Å². The number of aryl methyl sites for hydroxylation is 1. The highest BCUT2D eigenvalue weighted by Gasteiger charge is 2.10. The average Bonchev–Trinajstić information content (AvgIpc) is 2.48. The van der Waals surface area contributed by atoms with Gasteiger partial charge in [0, 0.05) is 4.47 Å². The van der Waals surface area contributed by atoms with Gasteiger partial charge in [0.1, 0.15) is 11.5 Å². The maximum atomic E-state index is 12.1. The molecule has 2 rings (SSSR count). The first kappa shape index (κ1) is 17.3. The third-order valence-corrected chi connectivity index (χ3v) is 3.51. The summed E-state index contributed by atoms with van der Waals surface area (Å²) in [4.78, 5) is 12.1. The number of hydrogen-bond acceptors (Lipinski definition) is 3. The summed E-state index contributed by atoms with van der Waals surface area (Å²) in [5.41, 5.74) is 1.61. The smallest absolute Gasteiger partial charge is 0.262 e. The van der Waals surface area contributed by atoms with Crippen molar-refractivity contribution in [3.05, 3.63) is 52.5 Å². The fourth-order valence-corrected chi connectivity index (χ4v) is 2.51. The highest BCUT2D eigenvalue weighted by molar-refractivity contribution is 9.10. The van der Waals surface area contributed by atoms with Gasteiger partial charge >= 0.3 is 0 Å². The van der Waals surface area contributed by atoms with Gasteiger partial charge in [-0.15, -0.1) is 0 Å². The zero-order valence-corrected chi connectivity index (χ0v) is 15.0. The van der Waals surface area contributed by atoms with Crippen molar-refractivity contribution in [2.24, 2.45) is 0 Å². The summed E-state index contributed by atoms with van der Waals surface area (Å²) in [6, 6.07) is 13.0. The molecule has 2 aromatic carbocycles. The lowest BCUT2D eigenvalue weighted by Crippen LogP contribution is -2.21. The Morgan fingerprint density at radius 3 is 2.61 bits per heavy atom. The van der Waals surface area contributed by atoms with Gasteiger partial charge in [-0.25, -0.2) is 0 Å². The summed E-state index contributed by atoms with van der Waals surface area (Å²) in [6.45, 7) is 5.76. The molecule has 0 aliphatic rings. The third-order valence-electron chi connectivity index (χ3n) is 3.02. The highest BCUT2D eigenvalue weighted by atomic mass is 79.9. The van der Waals surface area contributed by atoms with E-state index in [0.717, 1.165) is 10.0 Å². The monoisotopic (exact) mass is 377 g/mol. The highest BCUT2D eigenvalue weighted by Crippen LogP contribution is 2.25. The van der Waals surface area contributed by atoms with Crippen LogP contribution in [0.1, 0.15) is 19.4 Å². The van der Waals surface area contributed by atoms with Crippen LogP contribution in [0.25, 0.3) is 0 Å². The largest absolute Gasteiger partial charge is 0.489 e. The summed E-state index contributed by atoms with van der Waals surface area (Å²) in [6.07, 6.45) is 0.0368. The van der Waals surface area contributed by atoms with Crippen LogP contribution in [-0.2, 0) is 4.79 Å². The van der Waals surface area contributed by atoms with E-state index in [2.05, 4.69) is 21.2 Å². The lowest BCUT2D eigenvalue weighted by Gasteiger charge is -2.15. The first-order valence-corrected chi connectivity index (χ1v) is 8.19. The second-order valence-corrected chi connectivity index (χ2v) is 6.33. The van der Waals surface area contributed by atoms with Gasteiger partial charge in [0.15, 0.2) is 6.61 Å². The second-order valence-electron chi connectivity index (χ2n) is 5.41. The van der Waals surface area contributed by atoms with Gasteiger partial charge in [0.05, 0.1) is 11.8 Å². The molecule has 122 valence electrons. The molecule has 0 aliphatic heterocycles. The Kier molecular flexibility index (Phi) is 6.04. The number of para-hydroxylation sites is 2. The predicted molar refractivity (Wildman–Crippen MR) is 95.2 cm³/mol. The molecule has 0 unspecified atom stereocenters. The normalized spacial score (nSPS) is 10.5. The van der Waals surface area contributed by atoms with Gasteiger partial charge in [0.25, 0.3) is 5.91 Å². The molecule has 0 aliphatic carbocycles.